The van der Waals surface area contributed by atoms with E-state index >= 15 is 0 Å². The van der Waals surface area contributed by atoms with E-state index in [0.717, 1.165) is 0 Å². The molecule has 2 aromatic rings. The van der Waals surface area contributed by atoms with Crippen LogP contribution in [0.1, 0.15) is 0 Å². The van der Waals surface area contributed by atoms with E-state index in [4.69, 9.17) is 4.74 Å². The van der Waals surface area contributed by atoms with Crippen LogP contribution in [0.2, 0.25) is 0 Å². The molecule has 0 N–H and O–H groups in total. The summed E-state index contributed by atoms with van der Waals surface area (Å²) in [4.78, 5) is 20.3. The van der Waals surface area contributed by atoms with Crippen LogP contribution in [-0.4, -0.2) is 49.8 Å². The highest BCUT2D eigenvalue weighted by molar-refractivity contribution is 7.90. The maximum atomic E-state index is 14.0. The van der Waals surface area contributed by atoms with E-state index in [0.29, 0.717) is 11.9 Å². The Morgan fingerprint density at radius 3 is 2.46 bits per heavy atom. The van der Waals surface area contributed by atoms with Crippen LogP contribution in [0.25, 0.3) is 0 Å². The Bertz CT molecular complexity index is 921. The molecule has 0 saturated heterocycles. The standard InChI is InChI=1S/C14H15FN4O4S/c1-18(2)9-16-13-12(15)8-19(14(20)17-13)24(21,22)11-6-4-10(23-3)5-7-11/h4-9H,1-3H3. The van der Waals surface area contributed by atoms with Crippen LogP contribution in [0.3, 0.4) is 0 Å². The van der Waals surface area contributed by atoms with Crippen LogP contribution in [0.4, 0.5) is 10.2 Å². The van der Waals surface area contributed by atoms with E-state index in [9.17, 15) is 17.6 Å². The van der Waals surface area contributed by atoms with E-state index in [1.54, 1.807) is 14.1 Å². The average Bonchev–Trinajstić information content (AvgIpc) is 2.55. The van der Waals surface area contributed by atoms with Crippen LogP contribution in [0.5, 0.6) is 5.75 Å². The fourth-order valence-electron chi connectivity index (χ4n) is 1.70. The Labute approximate surface area is 137 Å². The van der Waals surface area contributed by atoms with Gasteiger partial charge >= 0.3 is 5.69 Å². The second-order valence-electron chi connectivity index (χ2n) is 4.88. The number of methoxy groups -OCH3 is 1. The minimum Gasteiger partial charge on any atom is -0.497 e. The molecule has 0 unspecified atom stereocenters. The first-order valence-electron chi connectivity index (χ1n) is 6.65. The van der Waals surface area contributed by atoms with Gasteiger partial charge in [0.05, 0.1) is 24.5 Å². The maximum absolute atomic E-state index is 14.0. The summed E-state index contributed by atoms with van der Waals surface area (Å²) in [5, 5.41) is 0. The Morgan fingerprint density at radius 2 is 1.92 bits per heavy atom. The fraction of sp³-hybridized carbons (Fsp3) is 0.214. The van der Waals surface area contributed by atoms with Gasteiger partial charge in [0.2, 0.25) is 0 Å². The lowest BCUT2D eigenvalue weighted by atomic mass is 10.3. The quantitative estimate of drug-likeness (QED) is 0.584. The predicted octanol–water partition coefficient (Wildman–Crippen LogP) is 0.849. The van der Waals surface area contributed by atoms with Crippen LogP contribution in [0, 0.1) is 5.82 Å². The van der Waals surface area contributed by atoms with Crippen molar-refractivity contribution in [2.45, 2.75) is 4.90 Å². The van der Waals surface area contributed by atoms with Gasteiger partial charge in [0, 0.05) is 14.1 Å². The van der Waals surface area contributed by atoms with Gasteiger partial charge in [0.15, 0.2) is 11.6 Å². The minimum atomic E-state index is -4.28. The molecule has 0 aliphatic rings. The number of rotatable bonds is 5. The highest BCUT2D eigenvalue weighted by Crippen LogP contribution is 2.18. The van der Waals surface area contributed by atoms with Gasteiger partial charge in [-0.05, 0) is 24.3 Å². The molecule has 0 atom stereocenters. The van der Waals surface area contributed by atoms with E-state index in [2.05, 4.69) is 9.98 Å². The first kappa shape index (κ1) is 17.6. The van der Waals surface area contributed by atoms with Gasteiger partial charge < -0.3 is 9.64 Å². The molecule has 0 aliphatic carbocycles. The molecule has 0 radical (unpaired) electrons. The van der Waals surface area contributed by atoms with Crippen molar-refractivity contribution < 1.29 is 17.5 Å². The molecule has 10 heteroatoms. The molecule has 8 nitrogen and oxygen atoms in total. The fourth-order valence-corrected chi connectivity index (χ4v) is 2.89. The predicted molar refractivity (Wildman–Crippen MR) is 85.9 cm³/mol. The second-order valence-corrected chi connectivity index (χ2v) is 6.69. The number of benzene rings is 1. The molecule has 1 heterocycles. The van der Waals surface area contributed by atoms with Gasteiger partial charge in [0.1, 0.15) is 5.75 Å². The zero-order valence-electron chi connectivity index (χ0n) is 13.2. The van der Waals surface area contributed by atoms with E-state index in [-0.39, 0.29) is 8.87 Å². The lowest BCUT2D eigenvalue weighted by molar-refractivity contribution is 0.414. The summed E-state index contributed by atoms with van der Waals surface area (Å²) in [6.07, 6.45) is 1.80. The van der Waals surface area contributed by atoms with Crippen LogP contribution in [0.15, 0.2) is 45.1 Å². The summed E-state index contributed by atoms with van der Waals surface area (Å²) in [6.45, 7) is 0. The zero-order chi connectivity index (χ0) is 17.9. The summed E-state index contributed by atoms with van der Waals surface area (Å²) in [6, 6.07) is 5.32. The van der Waals surface area contributed by atoms with Crippen molar-refractivity contribution >= 4 is 22.2 Å². The molecule has 1 aromatic heterocycles. The summed E-state index contributed by atoms with van der Waals surface area (Å²) in [5.41, 5.74) is -1.15. The van der Waals surface area contributed by atoms with Crippen molar-refractivity contribution in [2.24, 2.45) is 4.99 Å². The lowest BCUT2D eigenvalue weighted by Crippen LogP contribution is -2.29. The summed E-state index contributed by atoms with van der Waals surface area (Å²) in [5.74, 6) is -1.08. The van der Waals surface area contributed by atoms with Crippen molar-refractivity contribution in [3.05, 3.63) is 46.8 Å². The van der Waals surface area contributed by atoms with Gasteiger partial charge in [-0.2, -0.15) is 8.96 Å². The van der Waals surface area contributed by atoms with Crippen molar-refractivity contribution in [2.75, 3.05) is 21.2 Å². The number of ether oxygens (including phenoxy) is 1. The Hall–Kier alpha value is -2.75. The zero-order valence-corrected chi connectivity index (χ0v) is 14.0. The van der Waals surface area contributed by atoms with Crippen molar-refractivity contribution in [1.82, 2.24) is 13.9 Å². The second kappa shape index (κ2) is 6.79. The molecule has 0 saturated carbocycles. The highest BCUT2D eigenvalue weighted by atomic mass is 32.2. The molecule has 128 valence electrons. The van der Waals surface area contributed by atoms with Crippen molar-refractivity contribution in [3.8, 4) is 5.75 Å². The molecule has 1 aromatic carbocycles. The normalized spacial score (nSPS) is 11.7. The molecule has 0 aliphatic heterocycles. The number of halogens is 1. The van der Waals surface area contributed by atoms with Crippen molar-refractivity contribution in [1.29, 1.82) is 0 Å². The molecule has 24 heavy (non-hydrogen) atoms. The largest absolute Gasteiger partial charge is 0.497 e. The summed E-state index contributed by atoms with van der Waals surface area (Å²) >= 11 is 0. The molecule has 0 spiro atoms. The monoisotopic (exact) mass is 354 g/mol. The topological polar surface area (TPSA) is 93.9 Å². The van der Waals surface area contributed by atoms with Crippen LogP contribution in [-0.2, 0) is 10.0 Å². The minimum absolute atomic E-state index is 0.198. The van der Waals surface area contributed by atoms with Gasteiger partial charge in [-0.3, -0.25) is 0 Å². The average molecular weight is 354 g/mol. The smallest absolute Gasteiger partial charge is 0.363 e. The number of hydrogen-bond donors (Lipinski definition) is 0. The molecular formula is C14H15FN4O4S. The van der Waals surface area contributed by atoms with Gasteiger partial charge in [-0.15, -0.1) is 0 Å². The highest BCUT2D eigenvalue weighted by Gasteiger charge is 2.21. The SMILES string of the molecule is COc1ccc(S(=O)(=O)n2cc(F)c(N=CN(C)C)nc2=O)cc1. The lowest BCUT2D eigenvalue weighted by Gasteiger charge is -2.08. The summed E-state index contributed by atoms with van der Waals surface area (Å²) < 4.78 is 44.1. The van der Waals surface area contributed by atoms with E-state index in [1.165, 1.54) is 42.6 Å². The third kappa shape index (κ3) is 3.59. The number of aliphatic imine (C=N–C) groups is 1. The third-order valence-electron chi connectivity index (χ3n) is 2.86. The number of aromatic nitrogens is 2. The Morgan fingerprint density at radius 1 is 1.29 bits per heavy atom. The first-order valence-corrected chi connectivity index (χ1v) is 8.09. The van der Waals surface area contributed by atoms with Crippen LogP contribution >= 0.6 is 0 Å². The molecule has 0 fully saturated rings. The summed E-state index contributed by atoms with van der Waals surface area (Å²) in [7, 11) is 0.449. The van der Waals surface area contributed by atoms with Gasteiger partial charge in [0.25, 0.3) is 10.0 Å². The van der Waals surface area contributed by atoms with Gasteiger partial charge in [-0.1, -0.05) is 0 Å². The molecule has 2 rings (SSSR count). The number of hydrogen-bond acceptors (Lipinski definition) is 6. The van der Waals surface area contributed by atoms with E-state index < -0.39 is 27.3 Å². The Balaban J connectivity index is 2.51. The number of nitrogens with zero attached hydrogens (tertiary/aromatic N) is 4. The van der Waals surface area contributed by atoms with Crippen LogP contribution < -0.4 is 10.4 Å². The maximum Gasteiger partial charge on any atom is 0.363 e. The first-order chi connectivity index (χ1) is 11.3. The molecule has 0 amide bonds. The molecular weight excluding hydrogens is 339 g/mol. The van der Waals surface area contributed by atoms with Crippen molar-refractivity contribution in [3.63, 3.8) is 0 Å². The molecule has 0 bridgehead atoms. The Kier molecular flexibility index (Phi) is 4.98. The third-order valence-corrected chi connectivity index (χ3v) is 4.51. The van der Waals surface area contributed by atoms with E-state index in [1.807, 2.05) is 0 Å². The van der Waals surface area contributed by atoms with Gasteiger partial charge in [-0.25, -0.2) is 22.6 Å².